The standard InChI is InChI=1S/C31H29Cl2F2N3O4.Cs.H/c1-30(2,3)14-24-31(15-36,19-10-9-17(32)13-21(19)34)25(18-6-5-7-20(33)26(18)35)27(38-24)28(39)37-22-11-8-16(29(40)41)12-23(22)42-4;;/h5-13,24-25,27,38H,14H2,1-4H3,(H,37,39)(H,40,41);;/t24-,25-,27+,31-;;/m0../s1. The molecule has 1 saturated heterocycles. The van der Waals surface area contributed by atoms with Crippen LogP contribution >= 0.6 is 23.2 Å². The number of halogens is 4. The van der Waals surface area contributed by atoms with Gasteiger partial charge < -0.3 is 20.5 Å². The van der Waals surface area contributed by atoms with Gasteiger partial charge in [0.25, 0.3) is 0 Å². The minimum atomic E-state index is -1.78. The van der Waals surface area contributed by atoms with E-state index in [-0.39, 0.29) is 107 Å². The molecule has 1 aliphatic heterocycles. The molecule has 43 heavy (non-hydrogen) atoms. The summed E-state index contributed by atoms with van der Waals surface area (Å²) < 4.78 is 36.8. The number of hydrogen-bond donors (Lipinski definition) is 3. The summed E-state index contributed by atoms with van der Waals surface area (Å²) in [5.74, 6) is -4.65. The van der Waals surface area contributed by atoms with Gasteiger partial charge in [0.05, 0.1) is 35.5 Å². The van der Waals surface area contributed by atoms with Crippen molar-refractivity contribution in [1.29, 1.82) is 5.26 Å². The van der Waals surface area contributed by atoms with E-state index in [9.17, 15) is 20.0 Å². The first-order valence-electron chi connectivity index (χ1n) is 13.0. The van der Waals surface area contributed by atoms with Gasteiger partial charge in [-0.15, -0.1) is 0 Å². The molecule has 0 saturated carbocycles. The Labute approximate surface area is 317 Å². The number of benzene rings is 3. The zero-order valence-electron chi connectivity index (χ0n) is 23.3. The second-order valence-electron chi connectivity index (χ2n) is 11.4. The summed E-state index contributed by atoms with van der Waals surface area (Å²) in [6.07, 6.45) is 0.307. The number of methoxy groups -OCH3 is 1. The van der Waals surface area contributed by atoms with Crippen molar-refractivity contribution in [1.82, 2.24) is 5.32 Å². The van der Waals surface area contributed by atoms with Crippen molar-refractivity contribution in [2.24, 2.45) is 5.41 Å². The van der Waals surface area contributed by atoms with E-state index < -0.39 is 52.3 Å². The Hall–Kier alpha value is -1.66. The van der Waals surface area contributed by atoms with Crippen molar-refractivity contribution in [3.63, 3.8) is 0 Å². The topological polar surface area (TPSA) is 111 Å². The van der Waals surface area contributed by atoms with Gasteiger partial charge in [-0.25, -0.2) is 13.6 Å². The number of nitrogens with zero attached hydrogens (tertiary/aromatic N) is 1. The summed E-state index contributed by atoms with van der Waals surface area (Å²) >= 11 is 12.2. The SMILES string of the molecule is COc1cc(C(=O)O)ccc1NC(=O)[C@@H]1N[C@@H](CC(C)(C)C)[C@](C#N)(c2ccc(Cl)cc2F)[C@H]1c1cccc(Cl)c1F.[CsH]. The Morgan fingerprint density at radius 1 is 1.14 bits per heavy atom. The van der Waals surface area contributed by atoms with E-state index in [1.54, 1.807) is 0 Å². The Morgan fingerprint density at radius 3 is 2.42 bits per heavy atom. The summed E-state index contributed by atoms with van der Waals surface area (Å²) in [6.45, 7) is 5.81. The van der Waals surface area contributed by atoms with Crippen molar-refractivity contribution in [3.8, 4) is 11.8 Å². The molecule has 4 atom stereocenters. The van der Waals surface area contributed by atoms with Crippen LogP contribution in [0.3, 0.4) is 0 Å². The number of rotatable bonds is 7. The molecule has 1 amide bonds. The van der Waals surface area contributed by atoms with Gasteiger partial charge >= 0.3 is 74.9 Å². The minimum absolute atomic E-state index is 0. The number of ether oxygens (including phenoxy) is 1. The normalized spacial score (nSPS) is 21.4. The molecule has 1 aliphatic rings. The van der Waals surface area contributed by atoms with Gasteiger partial charge in [0, 0.05) is 22.5 Å². The molecule has 3 aromatic rings. The molecule has 1 fully saturated rings. The van der Waals surface area contributed by atoms with Crippen molar-refractivity contribution in [2.75, 3.05) is 12.4 Å². The quantitative estimate of drug-likeness (QED) is 0.262. The number of carboxylic acids is 1. The van der Waals surface area contributed by atoms with Gasteiger partial charge in [0.1, 0.15) is 22.8 Å². The van der Waals surface area contributed by atoms with Gasteiger partial charge in [0.2, 0.25) is 5.91 Å². The number of carboxylic acid groups (broad SMARTS) is 1. The summed E-state index contributed by atoms with van der Waals surface area (Å²) in [6, 6.07) is 12.3. The molecule has 0 radical (unpaired) electrons. The fourth-order valence-electron chi connectivity index (χ4n) is 5.69. The molecule has 0 aliphatic carbocycles. The third-order valence-electron chi connectivity index (χ3n) is 7.44. The average Bonchev–Trinajstić information content (AvgIpc) is 3.23. The molecule has 4 rings (SSSR count). The van der Waals surface area contributed by atoms with Crippen LogP contribution in [0.4, 0.5) is 14.5 Å². The van der Waals surface area contributed by atoms with E-state index in [0.717, 1.165) is 6.07 Å². The van der Waals surface area contributed by atoms with Crippen molar-refractivity contribution >= 4 is 110 Å². The van der Waals surface area contributed by atoms with E-state index in [1.165, 1.54) is 55.6 Å². The molecule has 1 heterocycles. The molecule has 3 N–H and O–H groups in total. The molecular formula is C31H30Cl2CsF2N3O4. The zero-order valence-corrected chi connectivity index (χ0v) is 24.8. The van der Waals surface area contributed by atoms with Gasteiger partial charge in [-0.2, -0.15) is 5.26 Å². The summed E-state index contributed by atoms with van der Waals surface area (Å²) in [5.41, 5.74) is -2.18. The molecule has 12 heteroatoms. The van der Waals surface area contributed by atoms with Crippen LogP contribution in [0.15, 0.2) is 54.6 Å². The maximum absolute atomic E-state index is 15.8. The average molecular weight is 750 g/mol. The molecular weight excluding hydrogens is 720 g/mol. The summed E-state index contributed by atoms with van der Waals surface area (Å²) in [5, 5.41) is 26.1. The fraction of sp³-hybridized carbons (Fsp3) is 0.323. The van der Waals surface area contributed by atoms with Crippen LogP contribution in [-0.4, -0.2) is 105 Å². The van der Waals surface area contributed by atoms with Crippen LogP contribution in [0, 0.1) is 28.4 Å². The number of anilines is 1. The van der Waals surface area contributed by atoms with E-state index in [2.05, 4.69) is 16.7 Å². The van der Waals surface area contributed by atoms with Crippen LogP contribution in [0.1, 0.15) is 54.6 Å². The zero-order chi connectivity index (χ0) is 31.0. The first kappa shape index (κ1) is 35.8. The van der Waals surface area contributed by atoms with Crippen LogP contribution in [0.2, 0.25) is 10.0 Å². The molecule has 7 nitrogen and oxygen atoms in total. The first-order chi connectivity index (χ1) is 19.7. The number of carbonyl (C=O) groups excluding carboxylic acids is 1. The number of nitriles is 1. The second kappa shape index (κ2) is 14.2. The van der Waals surface area contributed by atoms with Gasteiger partial charge in [-0.1, -0.05) is 62.2 Å². The van der Waals surface area contributed by atoms with Crippen LogP contribution in [-0.2, 0) is 10.2 Å². The molecule has 0 aromatic heterocycles. The maximum atomic E-state index is 15.8. The van der Waals surface area contributed by atoms with Gasteiger partial charge in [-0.05, 0) is 53.8 Å². The Balaban J connectivity index is 0.00000506. The number of amides is 1. The third-order valence-corrected chi connectivity index (χ3v) is 7.96. The van der Waals surface area contributed by atoms with Gasteiger partial charge in [-0.3, -0.25) is 4.79 Å². The predicted molar refractivity (Wildman–Crippen MR) is 163 cm³/mol. The number of hydrogen-bond acceptors (Lipinski definition) is 5. The Bertz CT molecular complexity index is 1590. The van der Waals surface area contributed by atoms with E-state index >= 15 is 8.78 Å². The van der Waals surface area contributed by atoms with Crippen molar-refractivity contribution < 1.29 is 28.2 Å². The predicted octanol–water partition coefficient (Wildman–Crippen LogP) is 6.29. The molecule has 222 valence electrons. The van der Waals surface area contributed by atoms with E-state index in [0.29, 0.717) is 6.42 Å². The van der Waals surface area contributed by atoms with E-state index in [1.807, 2.05) is 20.8 Å². The van der Waals surface area contributed by atoms with Crippen LogP contribution in [0.5, 0.6) is 5.75 Å². The molecule has 3 aromatic carbocycles. The number of carbonyl (C=O) groups is 2. The molecule has 0 unspecified atom stereocenters. The van der Waals surface area contributed by atoms with Crippen LogP contribution < -0.4 is 15.4 Å². The molecule has 0 spiro atoms. The van der Waals surface area contributed by atoms with Gasteiger partial charge in [0.15, 0.2) is 0 Å². The third kappa shape index (κ3) is 7.27. The number of nitrogens with one attached hydrogen (secondary N) is 2. The first-order valence-corrected chi connectivity index (χ1v) is 13.8. The van der Waals surface area contributed by atoms with Crippen LogP contribution in [0.25, 0.3) is 0 Å². The molecule has 0 bridgehead atoms. The fourth-order valence-corrected chi connectivity index (χ4v) is 6.04. The Kier molecular flexibility index (Phi) is 11.8. The number of aromatic carboxylic acids is 1. The second-order valence-corrected chi connectivity index (χ2v) is 12.2. The summed E-state index contributed by atoms with van der Waals surface area (Å²) in [7, 11) is 1.32. The van der Waals surface area contributed by atoms with E-state index in [4.69, 9.17) is 27.9 Å². The monoisotopic (exact) mass is 749 g/mol. The summed E-state index contributed by atoms with van der Waals surface area (Å²) in [4.78, 5) is 25.5. The van der Waals surface area contributed by atoms with Crippen molar-refractivity contribution in [2.45, 2.75) is 50.6 Å². The van der Waals surface area contributed by atoms with Crippen molar-refractivity contribution in [3.05, 3.63) is 93.0 Å². The Morgan fingerprint density at radius 2 is 1.84 bits per heavy atom.